The summed E-state index contributed by atoms with van der Waals surface area (Å²) < 4.78 is 1.53. The second-order valence-corrected chi connectivity index (χ2v) is 5.18. The van der Waals surface area contributed by atoms with E-state index in [1.54, 1.807) is 7.05 Å². The van der Waals surface area contributed by atoms with Gasteiger partial charge in [-0.3, -0.25) is 9.36 Å². The number of rotatable bonds is 3. The van der Waals surface area contributed by atoms with Crippen LogP contribution in [0.1, 0.15) is 25.8 Å². The molecule has 1 heterocycles. The van der Waals surface area contributed by atoms with Crippen LogP contribution in [0.3, 0.4) is 0 Å². The van der Waals surface area contributed by atoms with Crippen molar-refractivity contribution in [3.8, 4) is 0 Å². The Morgan fingerprint density at radius 3 is 2.72 bits per heavy atom. The number of imidazole rings is 1. The summed E-state index contributed by atoms with van der Waals surface area (Å²) in [4.78, 5) is 25.1. The fraction of sp³-hybridized carbons (Fsp3) is 0.385. The van der Waals surface area contributed by atoms with Crippen LogP contribution in [-0.2, 0) is 17.3 Å². The van der Waals surface area contributed by atoms with Crippen molar-refractivity contribution in [1.29, 1.82) is 0 Å². The monoisotopic (exact) mass is 248 g/mol. The summed E-state index contributed by atoms with van der Waals surface area (Å²) >= 11 is 0. The van der Waals surface area contributed by atoms with Crippen LogP contribution in [0, 0.1) is 0 Å². The highest BCUT2D eigenvalue weighted by atomic mass is 16.4. The molecule has 18 heavy (non-hydrogen) atoms. The normalized spacial score (nSPS) is 11.9. The molecule has 0 unspecified atom stereocenters. The van der Waals surface area contributed by atoms with E-state index in [9.17, 15) is 9.59 Å². The fourth-order valence-electron chi connectivity index (χ4n) is 2.14. The number of hydrogen-bond acceptors (Lipinski definition) is 2. The zero-order valence-electron chi connectivity index (χ0n) is 10.7. The maximum atomic E-state index is 11.5. The van der Waals surface area contributed by atoms with Gasteiger partial charge in [0.2, 0.25) is 0 Å². The van der Waals surface area contributed by atoms with E-state index in [4.69, 9.17) is 5.11 Å². The van der Waals surface area contributed by atoms with Gasteiger partial charge in [0.15, 0.2) is 0 Å². The number of carbonyl (C=O) groups is 1. The predicted octanol–water partition coefficient (Wildman–Crippen LogP) is 1.62. The van der Waals surface area contributed by atoms with Crippen molar-refractivity contribution >= 4 is 17.0 Å². The Bertz CT molecular complexity index is 664. The lowest BCUT2D eigenvalue weighted by molar-refractivity contribution is -0.138. The largest absolute Gasteiger partial charge is 0.481 e. The number of fused-ring (bicyclic) bond motifs is 1. The van der Waals surface area contributed by atoms with E-state index < -0.39 is 11.4 Å². The number of nitrogens with zero attached hydrogens (tertiary/aromatic N) is 1. The first-order chi connectivity index (χ1) is 8.31. The molecule has 2 aromatic rings. The maximum absolute atomic E-state index is 11.5. The van der Waals surface area contributed by atoms with E-state index in [1.165, 1.54) is 4.57 Å². The molecule has 1 aromatic heterocycles. The van der Waals surface area contributed by atoms with Crippen molar-refractivity contribution in [3.63, 3.8) is 0 Å². The summed E-state index contributed by atoms with van der Waals surface area (Å²) in [7, 11) is 1.70. The number of hydrogen-bond donors (Lipinski definition) is 2. The smallest absolute Gasteiger partial charge is 0.326 e. The first kappa shape index (κ1) is 12.4. The van der Waals surface area contributed by atoms with Gasteiger partial charge in [0, 0.05) is 12.5 Å². The zero-order valence-corrected chi connectivity index (χ0v) is 10.7. The number of aromatic nitrogens is 2. The van der Waals surface area contributed by atoms with Crippen molar-refractivity contribution in [2.75, 3.05) is 0 Å². The topological polar surface area (TPSA) is 75.1 Å². The average molecular weight is 248 g/mol. The third-order valence-electron chi connectivity index (χ3n) is 3.28. The van der Waals surface area contributed by atoms with Gasteiger partial charge in [-0.15, -0.1) is 0 Å². The van der Waals surface area contributed by atoms with E-state index in [2.05, 4.69) is 4.98 Å². The fourth-order valence-corrected chi connectivity index (χ4v) is 2.14. The molecule has 0 atom stereocenters. The van der Waals surface area contributed by atoms with Gasteiger partial charge in [-0.2, -0.15) is 0 Å². The van der Waals surface area contributed by atoms with E-state index in [1.807, 2.05) is 32.0 Å². The van der Waals surface area contributed by atoms with Crippen LogP contribution < -0.4 is 5.69 Å². The number of aryl methyl sites for hydroxylation is 1. The number of aromatic amines is 1. The lowest BCUT2D eigenvalue weighted by atomic mass is 9.81. The van der Waals surface area contributed by atoms with Crippen molar-refractivity contribution in [2.45, 2.75) is 25.7 Å². The Morgan fingerprint density at radius 1 is 1.44 bits per heavy atom. The van der Waals surface area contributed by atoms with E-state index >= 15 is 0 Å². The number of nitrogens with one attached hydrogen (secondary N) is 1. The number of benzene rings is 1. The summed E-state index contributed by atoms with van der Waals surface area (Å²) in [5.74, 6) is -0.832. The first-order valence-corrected chi connectivity index (χ1v) is 5.72. The Kier molecular flexibility index (Phi) is 2.77. The van der Waals surface area contributed by atoms with Gasteiger partial charge in [0.25, 0.3) is 0 Å². The molecule has 0 saturated carbocycles. The summed E-state index contributed by atoms with van der Waals surface area (Å²) in [5.41, 5.74) is 1.82. The highest BCUT2D eigenvalue weighted by molar-refractivity contribution is 5.77. The van der Waals surface area contributed by atoms with Crippen molar-refractivity contribution < 1.29 is 9.90 Å². The summed E-state index contributed by atoms with van der Waals surface area (Å²) in [5, 5.41) is 8.91. The van der Waals surface area contributed by atoms with E-state index in [-0.39, 0.29) is 12.1 Å². The van der Waals surface area contributed by atoms with Gasteiger partial charge in [0.1, 0.15) is 0 Å². The molecule has 0 aliphatic rings. The minimum atomic E-state index is -0.832. The minimum absolute atomic E-state index is 0.0512. The third-order valence-corrected chi connectivity index (χ3v) is 3.28. The van der Waals surface area contributed by atoms with Crippen molar-refractivity contribution in [2.24, 2.45) is 7.05 Å². The number of carboxylic acids is 1. The van der Waals surface area contributed by atoms with Gasteiger partial charge < -0.3 is 10.1 Å². The molecule has 2 rings (SSSR count). The van der Waals surface area contributed by atoms with E-state index in [0.29, 0.717) is 0 Å². The SMILES string of the molecule is Cn1c(=O)[nH]c2cc(C(C)(C)CC(=O)O)ccc21. The molecular weight excluding hydrogens is 232 g/mol. The van der Waals surface area contributed by atoms with Crippen LogP contribution in [0.4, 0.5) is 0 Å². The zero-order chi connectivity index (χ0) is 13.5. The quantitative estimate of drug-likeness (QED) is 0.866. The Balaban J connectivity index is 2.53. The number of H-pyrrole nitrogens is 1. The molecule has 0 radical (unpaired) electrons. The molecule has 0 fully saturated rings. The van der Waals surface area contributed by atoms with Crippen LogP contribution in [0.25, 0.3) is 11.0 Å². The average Bonchev–Trinajstić information content (AvgIpc) is 2.52. The predicted molar refractivity (Wildman–Crippen MR) is 68.8 cm³/mol. The van der Waals surface area contributed by atoms with Gasteiger partial charge in [0.05, 0.1) is 17.5 Å². The summed E-state index contributed by atoms with van der Waals surface area (Å²) in [6.45, 7) is 3.76. The molecule has 0 bridgehead atoms. The minimum Gasteiger partial charge on any atom is -0.481 e. The summed E-state index contributed by atoms with van der Waals surface area (Å²) in [6.07, 6.45) is 0.0512. The standard InChI is InChI=1S/C13H16N2O3/c1-13(2,7-11(16)17)8-4-5-10-9(6-8)14-12(18)15(10)3/h4-6H,7H2,1-3H3,(H,14,18)(H,16,17). The van der Waals surface area contributed by atoms with Crippen molar-refractivity contribution in [3.05, 3.63) is 34.2 Å². The molecule has 5 heteroatoms. The maximum Gasteiger partial charge on any atom is 0.326 e. The lowest BCUT2D eigenvalue weighted by Crippen LogP contribution is -2.21. The van der Waals surface area contributed by atoms with Crippen LogP contribution in [0.2, 0.25) is 0 Å². The molecule has 5 nitrogen and oxygen atoms in total. The lowest BCUT2D eigenvalue weighted by Gasteiger charge is -2.23. The number of aliphatic carboxylic acids is 1. The van der Waals surface area contributed by atoms with Crippen LogP contribution >= 0.6 is 0 Å². The molecule has 2 N–H and O–H groups in total. The molecule has 0 amide bonds. The summed E-state index contributed by atoms with van der Waals surface area (Å²) in [6, 6.07) is 5.56. The Hall–Kier alpha value is -2.04. The van der Waals surface area contributed by atoms with Gasteiger partial charge in [-0.05, 0) is 17.7 Å². The number of carboxylic acid groups (broad SMARTS) is 1. The molecule has 0 aliphatic carbocycles. The molecular formula is C13H16N2O3. The molecule has 96 valence electrons. The Morgan fingerprint density at radius 2 is 2.11 bits per heavy atom. The Labute approximate surface area is 104 Å². The molecule has 0 saturated heterocycles. The van der Waals surface area contributed by atoms with Gasteiger partial charge >= 0.3 is 11.7 Å². The third kappa shape index (κ3) is 2.03. The van der Waals surface area contributed by atoms with Crippen LogP contribution in [0.5, 0.6) is 0 Å². The molecule has 0 aliphatic heterocycles. The van der Waals surface area contributed by atoms with Crippen molar-refractivity contribution in [1.82, 2.24) is 9.55 Å². The second-order valence-electron chi connectivity index (χ2n) is 5.18. The molecule has 0 spiro atoms. The van der Waals surface area contributed by atoms with E-state index in [0.717, 1.165) is 16.6 Å². The van der Waals surface area contributed by atoms with Gasteiger partial charge in [-0.1, -0.05) is 19.9 Å². The molecule has 1 aromatic carbocycles. The van der Waals surface area contributed by atoms with Crippen LogP contribution in [0.15, 0.2) is 23.0 Å². The van der Waals surface area contributed by atoms with Crippen LogP contribution in [-0.4, -0.2) is 20.6 Å². The van der Waals surface area contributed by atoms with Gasteiger partial charge in [-0.25, -0.2) is 4.79 Å². The second kappa shape index (κ2) is 4.01. The highest BCUT2D eigenvalue weighted by Gasteiger charge is 2.24. The first-order valence-electron chi connectivity index (χ1n) is 5.72. The highest BCUT2D eigenvalue weighted by Crippen LogP contribution is 2.28.